The molecule has 142 valence electrons. The third-order valence-corrected chi connectivity index (χ3v) is 5.88. The van der Waals surface area contributed by atoms with Crippen LogP contribution in [-0.2, 0) is 11.8 Å². The molecule has 0 aromatic carbocycles. The molecule has 2 aromatic rings. The van der Waals surface area contributed by atoms with Crippen LogP contribution in [-0.4, -0.2) is 56.1 Å². The SMILES string of the molecule is Cn1cc(-c2nc(C(=O)NCCCN3C(=O)NC4(CCC4)C3=O)cs2)cn1. The normalized spacial score (nSPS) is 17.9. The third kappa shape index (κ3) is 3.20. The van der Waals surface area contributed by atoms with Crippen molar-refractivity contribution in [2.75, 3.05) is 13.1 Å². The first-order chi connectivity index (χ1) is 13.0. The van der Waals surface area contributed by atoms with Gasteiger partial charge in [-0.15, -0.1) is 11.3 Å². The lowest BCUT2D eigenvalue weighted by molar-refractivity contribution is -0.134. The zero-order valence-corrected chi connectivity index (χ0v) is 15.7. The number of urea groups is 1. The van der Waals surface area contributed by atoms with Gasteiger partial charge in [0.1, 0.15) is 16.2 Å². The van der Waals surface area contributed by atoms with Gasteiger partial charge in [-0.1, -0.05) is 0 Å². The molecule has 2 aromatic heterocycles. The summed E-state index contributed by atoms with van der Waals surface area (Å²) in [5, 5.41) is 12.1. The highest BCUT2D eigenvalue weighted by Gasteiger charge is 2.54. The average molecular weight is 388 g/mol. The maximum Gasteiger partial charge on any atom is 0.325 e. The quantitative estimate of drug-likeness (QED) is 0.570. The maximum atomic E-state index is 12.3. The van der Waals surface area contributed by atoms with E-state index in [2.05, 4.69) is 20.7 Å². The van der Waals surface area contributed by atoms with Gasteiger partial charge in [-0.05, 0) is 25.7 Å². The van der Waals surface area contributed by atoms with Gasteiger partial charge >= 0.3 is 6.03 Å². The van der Waals surface area contributed by atoms with Gasteiger partial charge in [-0.25, -0.2) is 9.78 Å². The summed E-state index contributed by atoms with van der Waals surface area (Å²) in [7, 11) is 1.82. The summed E-state index contributed by atoms with van der Waals surface area (Å²) in [6.45, 7) is 0.660. The number of nitrogens with one attached hydrogen (secondary N) is 2. The van der Waals surface area contributed by atoms with Gasteiger partial charge in [0.2, 0.25) is 0 Å². The molecule has 1 spiro atoms. The van der Waals surface area contributed by atoms with E-state index < -0.39 is 5.54 Å². The van der Waals surface area contributed by atoms with Crippen LogP contribution in [0.3, 0.4) is 0 Å². The molecule has 1 saturated carbocycles. The van der Waals surface area contributed by atoms with Crippen molar-refractivity contribution < 1.29 is 14.4 Å². The Hall–Kier alpha value is -2.75. The number of aromatic nitrogens is 3. The number of hydrogen-bond acceptors (Lipinski definition) is 6. The number of carbonyl (C=O) groups is 3. The minimum atomic E-state index is -0.649. The van der Waals surface area contributed by atoms with Crippen LogP contribution in [0.2, 0.25) is 0 Å². The molecule has 2 fully saturated rings. The molecule has 0 atom stereocenters. The van der Waals surface area contributed by atoms with Crippen LogP contribution in [0.5, 0.6) is 0 Å². The van der Waals surface area contributed by atoms with Crippen LogP contribution in [0.25, 0.3) is 10.6 Å². The summed E-state index contributed by atoms with van der Waals surface area (Å²) in [4.78, 5) is 42.1. The Balaban J connectivity index is 1.26. The van der Waals surface area contributed by atoms with Crippen molar-refractivity contribution in [3.63, 3.8) is 0 Å². The minimum Gasteiger partial charge on any atom is -0.351 e. The molecular formula is C17H20N6O3S. The molecule has 0 unspecified atom stereocenters. The summed E-state index contributed by atoms with van der Waals surface area (Å²) in [5.74, 6) is -0.403. The van der Waals surface area contributed by atoms with Gasteiger partial charge in [0.25, 0.3) is 11.8 Å². The van der Waals surface area contributed by atoms with Gasteiger partial charge in [-0.3, -0.25) is 19.2 Å². The second kappa shape index (κ2) is 6.76. The standard InChI is InChI=1S/C17H20N6O3S/c1-22-9-11(8-19-22)14-20-12(10-27-14)13(24)18-6-3-7-23-15(25)17(4-2-5-17)21-16(23)26/h8-10H,2-7H2,1H3,(H,18,24)(H,21,26). The number of rotatable bonds is 6. The van der Waals surface area contributed by atoms with Crippen molar-refractivity contribution in [2.45, 2.75) is 31.2 Å². The second-order valence-corrected chi connectivity index (χ2v) is 7.73. The van der Waals surface area contributed by atoms with Crippen LogP contribution in [0.4, 0.5) is 4.79 Å². The highest BCUT2D eigenvalue weighted by atomic mass is 32.1. The number of thiazole rings is 1. The molecule has 3 heterocycles. The van der Waals surface area contributed by atoms with E-state index in [4.69, 9.17) is 0 Å². The van der Waals surface area contributed by atoms with E-state index in [0.717, 1.165) is 17.0 Å². The summed E-state index contributed by atoms with van der Waals surface area (Å²) < 4.78 is 1.68. The largest absolute Gasteiger partial charge is 0.351 e. The fourth-order valence-corrected chi connectivity index (χ4v) is 4.10. The summed E-state index contributed by atoms with van der Waals surface area (Å²) in [6, 6.07) is -0.327. The fraction of sp³-hybridized carbons (Fsp3) is 0.471. The van der Waals surface area contributed by atoms with Crippen LogP contribution < -0.4 is 10.6 Å². The maximum absolute atomic E-state index is 12.3. The molecular weight excluding hydrogens is 368 g/mol. The van der Waals surface area contributed by atoms with Crippen LogP contribution in [0.1, 0.15) is 36.2 Å². The molecule has 2 N–H and O–H groups in total. The Labute approximate surface area is 159 Å². The Bertz CT molecular complexity index is 900. The molecule has 4 amide bonds. The molecule has 10 heteroatoms. The predicted octanol–water partition coefficient (Wildman–Crippen LogP) is 1.14. The average Bonchev–Trinajstić information content (AvgIpc) is 3.30. The Morgan fingerprint density at radius 2 is 2.22 bits per heavy atom. The van der Waals surface area contributed by atoms with Crippen LogP contribution >= 0.6 is 11.3 Å². The van der Waals surface area contributed by atoms with E-state index in [9.17, 15) is 14.4 Å². The summed E-state index contributed by atoms with van der Waals surface area (Å²) in [5.41, 5.74) is 0.566. The fourth-order valence-electron chi connectivity index (χ4n) is 3.32. The van der Waals surface area contributed by atoms with E-state index in [1.807, 2.05) is 13.2 Å². The number of carbonyl (C=O) groups excluding carboxylic acids is 3. The van der Waals surface area contributed by atoms with Gasteiger partial charge in [0, 0.05) is 37.3 Å². The monoisotopic (exact) mass is 388 g/mol. The van der Waals surface area contributed by atoms with E-state index in [0.29, 0.717) is 38.0 Å². The Morgan fingerprint density at radius 1 is 1.41 bits per heavy atom. The minimum absolute atomic E-state index is 0.134. The molecule has 27 heavy (non-hydrogen) atoms. The second-order valence-electron chi connectivity index (χ2n) is 6.87. The molecule has 2 aliphatic rings. The molecule has 4 rings (SSSR count). The lowest BCUT2D eigenvalue weighted by atomic mass is 9.77. The first-order valence-corrected chi connectivity index (χ1v) is 9.73. The van der Waals surface area contributed by atoms with Gasteiger partial charge in [0.15, 0.2) is 0 Å². The van der Waals surface area contributed by atoms with E-state index >= 15 is 0 Å². The first-order valence-electron chi connectivity index (χ1n) is 8.85. The van der Waals surface area contributed by atoms with Gasteiger partial charge < -0.3 is 10.6 Å². The number of imide groups is 1. The topological polar surface area (TPSA) is 109 Å². The molecule has 1 aliphatic carbocycles. The van der Waals surface area contributed by atoms with E-state index in [1.54, 1.807) is 16.3 Å². The Morgan fingerprint density at radius 3 is 2.85 bits per heavy atom. The van der Waals surface area contributed by atoms with Crippen molar-refractivity contribution in [1.29, 1.82) is 0 Å². The molecule has 9 nitrogen and oxygen atoms in total. The van der Waals surface area contributed by atoms with E-state index in [1.165, 1.54) is 16.2 Å². The lowest BCUT2D eigenvalue weighted by Crippen LogP contribution is -2.52. The Kier molecular flexibility index (Phi) is 4.42. The highest BCUT2D eigenvalue weighted by molar-refractivity contribution is 7.13. The van der Waals surface area contributed by atoms with Gasteiger partial charge in [-0.2, -0.15) is 5.10 Å². The molecule has 1 aliphatic heterocycles. The first kappa shape index (κ1) is 17.7. The van der Waals surface area contributed by atoms with Crippen molar-refractivity contribution >= 4 is 29.2 Å². The number of hydrogen-bond donors (Lipinski definition) is 2. The van der Waals surface area contributed by atoms with Crippen molar-refractivity contribution in [3.8, 4) is 10.6 Å². The molecule has 0 bridgehead atoms. The summed E-state index contributed by atoms with van der Waals surface area (Å²) in [6.07, 6.45) is 6.44. The van der Waals surface area contributed by atoms with Crippen molar-refractivity contribution in [2.24, 2.45) is 7.05 Å². The van der Waals surface area contributed by atoms with Crippen LogP contribution in [0.15, 0.2) is 17.8 Å². The van der Waals surface area contributed by atoms with Crippen molar-refractivity contribution in [1.82, 2.24) is 30.3 Å². The predicted molar refractivity (Wildman–Crippen MR) is 98.1 cm³/mol. The number of nitrogens with zero attached hydrogens (tertiary/aromatic N) is 4. The molecule has 1 saturated heterocycles. The zero-order valence-electron chi connectivity index (χ0n) is 14.9. The highest BCUT2D eigenvalue weighted by Crippen LogP contribution is 2.37. The lowest BCUT2D eigenvalue weighted by Gasteiger charge is -2.34. The molecule has 0 radical (unpaired) electrons. The van der Waals surface area contributed by atoms with Gasteiger partial charge in [0.05, 0.1) is 6.20 Å². The van der Waals surface area contributed by atoms with E-state index in [-0.39, 0.29) is 17.8 Å². The smallest absolute Gasteiger partial charge is 0.325 e. The summed E-state index contributed by atoms with van der Waals surface area (Å²) >= 11 is 1.38. The van der Waals surface area contributed by atoms with Crippen molar-refractivity contribution in [3.05, 3.63) is 23.5 Å². The number of aryl methyl sites for hydroxylation is 1. The van der Waals surface area contributed by atoms with Crippen LogP contribution in [0, 0.1) is 0 Å². The zero-order chi connectivity index (χ0) is 19.0. The third-order valence-electron chi connectivity index (χ3n) is 4.99. The number of amides is 4.